The van der Waals surface area contributed by atoms with E-state index in [4.69, 9.17) is 0 Å². The fourth-order valence-electron chi connectivity index (χ4n) is 0.940. The Bertz CT molecular complexity index is 105. The predicted octanol–water partition coefficient (Wildman–Crippen LogP) is 3.66. The van der Waals surface area contributed by atoms with Crippen molar-refractivity contribution in [3.05, 3.63) is 63.2 Å². The zero-order valence-corrected chi connectivity index (χ0v) is 10.4. The number of rotatable bonds is 0. The van der Waals surface area contributed by atoms with Gasteiger partial charge in [0.25, 0.3) is 0 Å². The van der Waals surface area contributed by atoms with Crippen LogP contribution in [0, 0.1) is 63.2 Å². The van der Waals surface area contributed by atoms with Gasteiger partial charge in [0, 0.05) is 0 Å². The molecule has 0 aliphatic heterocycles. The van der Waals surface area contributed by atoms with Gasteiger partial charge >= 0.3 is 26.4 Å². The first-order valence-electron chi connectivity index (χ1n) is 4.53. The van der Waals surface area contributed by atoms with Crippen molar-refractivity contribution < 1.29 is 26.4 Å². The number of hydrogen-bond donors (Lipinski definition) is 0. The van der Waals surface area contributed by atoms with E-state index in [1.807, 2.05) is 25.7 Å². The third-order valence-electron chi connectivity index (χ3n) is 1.66. The van der Waals surface area contributed by atoms with Gasteiger partial charge in [0.05, 0.1) is 0 Å². The standard InChI is InChI=1S/2C6H7.2FH.Ti/c2*1-6-4-2-3-5-6;;;/h2*2-5H,1H3;2*1H;/q;;;;+2/p-2. The molecule has 80 valence electrons. The quantitative estimate of drug-likeness (QED) is 0.570. The van der Waals surface area contributed by atoms with Crippen LogP contribution >= 0.6 is 0 Å². The van der Waals surface area contributed by atoms with Gasteiger partial charge in [-0.1, -0.05) is 13.8 Å². The fourth-order valence-corrected chi connectivity index (χ4v) is 0.940. The Kier molecular flexibility index (Phi) is 11.5. The Morgan fingerprint density at radius 1 is 0.733 bits per heavy atom. The molecule has 2 rings (SSSR count). The van der Waals surface area contributed by atoms with Crippen LogP contribution in [0.15, 0.2) is 0 Å². The first kappa shape index (κ1) is 15.6. The van der Waals surface area contributed by atoms with Gasteiger partial charge in [-0.15, -0.1) is 0 Å². The normalized spacial score (nSPS) is 21.3. The Hall–Kier alpha value is 0.574. The summed E-state index contributed by atoms with van der Waals surface area (Å²) in [6, 6.07) is 0. The molecule has 0 spiro atoms. The van der Waals surface area contributed by atoms with E-state index >= 15 is 0 Å². The molecule has 10 radical (unpaired) electrons. The maximum absolute atomic E-state index is 9.75. The van der Waals surface area contributed by atoms with Crippen molar-refractivity contribution in [2.75, 3.05) is 0 Å². The topological polar surface area (TPSA) is 0 Å². The van der Waals surface area contributed by atoms with Crippen LogP contribution in [0.3, 0.4) is 0 Å². The molecule has 2 aliphatic carbocycles. The molecule has 0 unspecified atom stereocenters. The minimum absolute atomic E-state index is 1.34. The van der Waals surface area contributed by atoms with E-state index in [9.17, 15) is 6.18 Å². The zero-order chi connectivity index (χ0) is 11.5. The van der Waals surface area contributed by atoms with Gasteiger partial charge in [-0.2, -0.15) is 0 Å². The Morgan fingerprint density at radius 2 is 0.933 bits per heavy atom. The van der Waals surface area contributed by atoms with Crippen molar-refractivity contribution in [2.24, 2.45) is 0 Å². The summed E-state index contributed by atoms with van der Waals surface area (Å²) in [4.78, 5) is 0. The summed E-state index contributed by atoms with van der Waals surface area (Å²) in [6.45, 7) is 4.17. The van der Waals surface area contributed by atoms with Gasteiger partial charge in [-0.25, -0.2) is 0 Å². The molecule has 0 bridgehead atoms. The molecule has 0 heterocycles. The van der Waals surface area contributed by atoms with Gasteiger partial charge in [0.1, 0.15) is 0 Å². The first-order chi connectivity index (χ1) is 7.20. The van der Waals surface area contributed by atoms with Crippen LogP contribution in [0.1, 0.15) is 13.8 Å². The monoisotopic (exact) mass is 244 g/mol. The van der Waals surface area contributed by atoms with Crippen molar-refractivity contribution >= 4 is 0 Å². The van der Waals surface area contributed by atoms with E-state index < -0.39 is 20.2 Å². The molecule has 0 N–H and O–H groups in total. The van der Waals surface area contributed by atoms with E-state index in [0.717, 1.165) is 0 Å². The van der Waals surface area contributed by atoms with Gasteiger partial charge in [-0.05, 0) is 63.2 Å². The van der Waals surface area contributed by atoms with Crippen molar-refractivity contribution in [3.8, 4) is 0 Å². The summed E-state index contributed by atoms with van der Waals surface area (Å²) in [5.41, 5.74) is 0. The molecule has 0 nitrogen and oxygen atoms in total. The Balaban J connectivity index is 0.000000210. The van der Waals surface area contributed by atoms with Gasteiger partial charge in [0.2, 0.25) is 0 Å². The van der Waals surface area contributed by atoms with Crippen LogP contribution in [0.25, 0.3) is 0 Å². The summed E-state index contributed by atoms with van der Waals surface area (Å²) < 4.78 is 19.5. The summed E-state index contributed by atoms with van der Waals surface area (Å²) in [6.07, 6.45) is 16.5. The second-order valence-electron chi connectivity index (χ2n) is 3.00. The average Bonchev–Trinajstić information content (AvgIpc) is 2.81. The van der Waals surface area contributed by atoms with Crippen molar-refractivity contribution in [1.82, 2.24) is 0 Å². The molecule has 0 aromatic carbocycles. The fraction of sp³-hybridized carbons (Fsp3) is 0.167. The number of halogens is 2. The molecule has 2 aliphatic rings. The van der Waals surface area contributed by atoms with Gasteiger partial charge < -0.3 is 0 Å². The van der Waals surface area contributed by atoms with Crippen LogP contribution in [0.2, 0.25) is 0 Å². The number of hydrogen-bond acceptors (Lipinski definition) is 0. The second-order valence-corrected chi connectivity index (χ2v) is 3.22. The molecular formula is C12H14F2Ti. The molecular weight excluding hydrogens is 230 g/mol. The molecule has 2 saturated carbocycles. The van der Waals surface area contributed by atoms with E-state index in [2.05, 4.69) is 39.5 Å². The van der Waals surface area contributed by atoms with E-state index in [1.165, 1.54) is 11.8 Å². The molecule has 0 saturated heterocycles. The van der Waals surface area contributed by atoms with Crippen LogP contribution < -0.4 is 0 Å². The second kappa shape index (κ2) is 11.1. The molecule has 0 atom stereocenters. The summed E-state index contributed by atoms with van der Waals surface area (Å²) >= 11 is -2.50. The molecule has 15 heavy (non-hydrogen) atoms. The van der Waals surface area contributed by atoms with Crippen molar-refractivity contribution in [3.63, 3.8) is 0 Å². The maximum atomic E-state index is 9.75. The summed E-state index contributed by atoms with van der Waals surface area (Å²) in [7, 11) is 0. The SMILES string of the molecule is C[C]1[CH][CH][CH][CH]1.C[C]1[CH][CH][CH][CH]1.[F][Ti][F]. The summed E-state index contributed by atoms with van der Waals surface area (Å²) in [5, 5.41) is 0. The summed E-state index contributed by atoms with van der Waals surface area (Å²) in [5.74, 6) is 2.69. The van der Waals surface area contributed by atoms with Crippen LogP contribution in [0.4, 0.5) is 6.18 Å². The molecule has 0 amide bonds. The van der Waals surface area contributed by atoms with Crippen LogP contribution in [0.5, 0.6) is 0 Å². The van der Waals surface area contributed by atoms with Crippen LogP contribution in [-0.4, -0.2) is 0 Å². The van der Waals surface area contributed by atoms with Crippen molar-refractivity contribution in [1.29, 1.82) is 0 Å². The molecule has 0 aromatic rings. The first-order valence-corrected chi connectivity index (χ1v) is 5.71. The predicted molar refractivity (Wildman–Crippen MR) is 54.5 cm³/mol. The average molecular weight is 244 g/mol. The van der Waals surface area contributed by atoms with Gasteiger partial charge in [-0.3, -0.25) is 0 Å². The van der Waals surface area contributed by atoms with E-state index in [1.54, 1.807) is 0 Å². The molecule has 2 fully saturated rings. The third-order valence-corrected chi connectivity index (χ3v) is 1.66. The minimum atomic E-state index is -2.50. The van der Waals surface area contributed by atoms with Gasteiger partial charge in [0.15, 0.2) is 0 Å². The Morgan fingerprint density at radius 3 is 1.00 bits per heavy atom. The third kappa shape index (κ3) is 10.8. The zero-order valence-electron chi connectivity index (χ0n) is 8.87. The van der Waals surface area contributed by atoms with E-state index in [-0.39, 0.29) is 0 Å². The molecule has 0 aromatic heterocycles. The molecule has 3 heteroatoms. The van der Waals surface area contributed by atoms with E-state index in [0.29, 0.717) is 0 Å². The Labute approximate surface area is 103 Å². The van der Waals surface area contributed by atoms with Crippen LogP contribution in [-0.2, 0) is 20.2 Å². The van der Waals surface area contributed by atoms with Crippen molar-refractivity contribution in [2.45, 2.75) is 13.8 Å².